The van der Waals surface area contributed by atoms with Crippen LogP contribution in [0.3, 0.4) is 0 Å². The lowest BCUT2D eigenvalue weighted by Gasteiger charge is -2.23. The van der Waals surface area contributed by atoms with Gasteiger partial charge in [-0.05, 0) is 31.5 Å². The lowest BCUT2D eigenvalue weighted by atomic mass is 10.2. The van der Waals surface area contributed by atoms with Crippen molar-refractivity contribution in [1.82, 2.24) is 4.90 Å². The number of hydrogen-bond acceptors (Lipinski definition) is 1. The second-order valence-electron chi connectivity index (χ2n) is 4.12. The largest absolute Gasteiger partial charge is 0.295 e. The van der Waals surface area contributed by atoms with Crippen molar-refractivity contribution in [1.29, 1.82) is 0 Å². The standard InChI is InChI=1S/C12H14BrClFN/c13-7-9-3-2-6-16(9)8-10-11(14)4-1-5-12(10)15/h1,4-5,9H,2-3,6-8H2. The molecule has 2 rings (SSSR count). The van der Waals surface area contributed by atoms with Crippen LogP contribution in [0, 0.1) is 5.82 Å². The third-order valence-corrected chi connectivity index (χ3v) is 4.20. The van der Waals surface area contributed by atoms with Crippen molar-refractivity contribution in [2.24, 2.45) is 0 Å². The molecular formula is C12H14BrClFN. The van der Waals surface area contributed by atoms with Crippen molar-refractivity contribution in [3.05, 3.63) is 34.6 Å². The Morgan fingerprint density at radius 3 is 3.00 bits per heavy atom. The van der Waals surface area contributed by atoms with Crippen molar-refractivity contribution in [3.8, 4) is 0 Å². The second kappa shape index (κ2) is 5.48. The summed E-state index contributed by atoms with van der Waals surface area (Å²) in [5, 5.41) is 1.47. The molecule has 1 unspecified atom stereocenters. The quantitative estimate of drug-likeness (QED) is 0.767. The number of rotatable bonds is 3. The Morgan fingerprint density at radius 2 is 2.31 bits per heavy atom. The number of halogens is 3. The summed E-state index contributed by atoms with van der Waals surface area (Å²) < 4.78 is 13.6. The average molecular weight is 307 g/mol. The molecule has 0 aromatic heterocycles. The summed E-state index contributed by atoms with van der Waals surface area (Å²) in [6.45, 7) is 1.64. The summed E-state index contributed by atoms with van der Waals surface area (Å²) in [6.07, 6.45) is 2.36. The topological polar surface area (TPSA) is 3.24 Å². The molecule has 0 spiro atoms. The van der Waals surface area contributed by atoms with Gasteiger partial charge in [0.15, 0.2) is 0 Å². The highest BCUT2D eigenvalue weighted by Crippen LogP contribution is 2.26. The van der Waals surface area contributed by atoms with Crippen LogP contribution in [0.2, 0.25) is 5.02 Å². The summed E-state index contributed by atoms with van der Waals surface area (Å²) >= 11 is 9.52. The fraction of sp³-hybridized carbons (Fsp3) is 0.500. The Hall–Kier alpha value is -0.120. The maximum absolute atomic E-state index is 13.6. The minimum Gasteiger partial charge on any atom is -0.295 e. The molecule has 1 fully saturated rings. The van der Waals surface area contributed by atoms with Crippen LogP contribution in [0.25, 0.3) is 0 Å². The van der Waals surface area contributed by atoms with Gasteiger partial charge in [0.25, 0.3) is 0 Å². The van der Waals surface area contributed by atoms with Crippen LogP contribution in [-0.2, 0) is 6.54 Å². The van der Waals surface area contributed by atoms with Crippen LogP contribution in [0.4, 0.5) is 4.39 Å². The first-order valence-electron chi connectivity index (χ1n) is 5.45. The summed E-state index contributed by atoms with van der Waals surface area (Å²) in [5.74, 6) is -0.201. The van der Waals surface area contributed by atoms with E-state index in [1.54, 1.807) is 12.1 Å². The monoisotopic (exact) mass is 305 g/mol. The Morgan fingerprint density at radius 1 is 1.50 bits per heavy atom. The van der Waals surface area contributed by atoms with Gasteiger partial charge in [0.05, 0.1) is 0 Å². The van der Waals surface area contributed by atoms with Crippen LogP contribution >= 0.6 is 27.5 Å². The van der Waals surface area contributed by atoms with Crippen LogP contribution < -0.4 is 0 Å². The van der Waals surface area contributed by atoms with Gasteiger partial charge in [-0.3, -0.25) is 4.90 Å². The van der Waals surface area contributed by atoms with E-state index in [1.165, 1.54) is 18.9 Å². The number of nitrogens with zero attached hydrogens (tertiary/aromatic N) is 1. The Bertz CT molecular complexity index is 352. The molecule has 1 heterocycles. The first kappa shape index (κ1) is 12.3. The zero-order valence-electron chi connectivity index (χ0n) is 8.93. The number of benzene rings is 1. The molecule has 0 saturated carbocycles. The van der Waals surface area contributed by atoms with Gasteiger partial charge >= 0.3 is 0 Å². The Labute approximate surface area is 109 Å². The van der Waals surface area contributed by atoms with Crippen molar-refractivity contribution in [2.45, 2.75) is 25.4 Å². The highest BCUT2D eigenvalue weighted by Gasteiger charge is 2.24. The van der Waals surface area contributed by atoms with Crippen molar-refractivity contribution >= 4 is 27.5 Å². The van der Waals surface area contributed by atoms with E-state index in [0.29, 0.717) is 23.2 Å². The Kier molecular flexibility index (Phi) is 4.22. The zero-order chi connectivity index (χ0) is 11.5. The molecule has 1 nitrogen and oxygen atoms in total. The molecule has 4 heteroatoms. The molecule has 0 bridgehead atoms. The minimum atomic E-state index is -0.201. The smallest absolute Gasteiger partial charge is 0.129 e. The molecule has 0 aliphatic carbocycles. The molecule has 1 aliphatic heterocycles. The predicted molar refractivity (Wildman–Crippen MR) is 68.6 cm³/mol. The SMILES string of the molecule is Fc1cccc(Cl)c1CN1CCCC1CBr. The lowest BCUT2D eigenvalue weighted by molar-refractivity contribution is 0.261. The summed E-state index contributed by atoms with van der Waals surface area (Å²) in [7, 11) is 0. The summed E-state index contributed by atoms with van der Waals surface area (Å²) in [4.78, 5) is 2.29. The van der Waals surface area contributed by atoms with E-state index in [-0.39, 0.29) is 5.82 Å². The summed E-state index contributed by atoms with van der Waals surface area (Å²) in [6, 6.07) is 5.38. The fourth-order valence-corrected chi connectivity index (χ4v) is 3.12. The van der Waals surface area contributed by atoms with Gasteiger partial charge in [0, 0.05) is 28.5 Å². The number of alkyl halides is 1. The molecule has 0 N–H and O–H groups in total. The highest BCUT2D eigenvalue weighted by molar-refractivity contribution is 9.09. The average Bonchev–Trinajstić information content (AvgIpc) is 2.71. The van der Waals surface area contributed by atoms with Crippen LogP contribution in [0.5, 0.6) is 0 Å². The summed E-state index contributed by atoms with van der Waals surface area (Å²) in [5.41, 5.74) is 0.622. The van der Waals surface area contributed by atoms with Gasteiger partial charge in [-0.1, -0.05) is 33.6 Å². The van der Waals surface area contributed by atoms with E-state index in [0.717, 1.165) is 11.9 Å². The van der Waals surface area contributed by atoms with E-state index in [2.05, 4.69) is 20.8 Å². The third-order valence-electron chi connectivity index (χ3n) is 3.10. The molecule has 1 aromatic rings. The van der Waals surface area contributed by atoms with Gasteiger partial charge in [-0.25, -0.2) is 4.39 Å². The molecule has 1 aromatic carbocycles. The first-order chi connectivity index (χ1) is 7.72. The van der Waals surface area contributed by atoms with Gasteiger partial charge in [0.1, 0.15) is 5.82 Å². The highest BCUT2D eigenvalue weighted by atomic mass is 79.9. The molecule has 1 atom stereocenters. The van der Waals surface area contributed by atoms with Crippen LogP contribution in [0.15, 0.2) is 18.2 Å². The van der Waals surface area contributed by atoms with E-state index >= 15 is 0 Å². The van der Waals surface area contributed by atoms with Gasteiger partial charge < -0.3 is 0 Å². The van der Waals surface area contributed by atoms with Crippen molar-refractivity contribution in [2.75, 3.05) is 11.9 Å². The van der Waals surface area contributed by atoms with Crippen molar-refractivity contribution in [3.63, 3.8) is 0 Å². The maximum atomic E-state index is 13.6. The minimum absolute atomic E-state index is 0.201. The zero-order valence-corrected chi connectivity index (χ0v) is 11.3. The van der Waals surface area contributed by atoms with Crippen molar-refractivity contribution < 1.29 is 4.39 Å². The fourth-order valence-electron chi connectivity index (χ4n) is 2.16. The lowest BCUT2D eigenvalue weighted by Crippen LogP contribution is -2.30. The number of hydrogen-bond donors (Lipinski definition) is 0. The maximum Gasteiger partial charge on any atom is 0.129 e. The number of likely N-dealkylation sites (tertiary alicyclic amines) is 1. The Balaban J connectivity index is 2.14. The van der Waals surface area contributed by atoms with Gasteiger partial charge in [-0.2, -0.15) is 0 Å². The van der Waals surface area contributed by atoms with Gasteiger partial charge in [0.2, 0.25) is 0 Å². The molecule has 16 heavy (non-hydrogen) atoms. The predicted octanol–water partition coefficient (Wildman–Crippen LogP) is 3.84. The van der Waals surface area contributed by atoms with E-state index in [1.807, 2.05) is 0 Å². The van der Waals surface area contributed by atoms with E-state index in [4.69, 9.17) is 11.6 Å². The molecule has 0 radical (unpaired) electrons. The molecular weight excluding hydrogens is 292 g/mol. The van der Waals surface area contributed by atoms with E-state index in [9.17, 15) is 4.39 Å². The first-order valence-corrected chi connectivity index (χ1v) is 6.95. The van der Waals surface area contributed by atoms with E-state index < -0.39 is 0 Å². The molecule has 1 saturated heterocycles. The molecule has 0 amide bonds. The molecule has 1 aliphatic rings. The van der Waals surface area contributed by atoms with Gasteiger partial charge in [-0.15, -0.1) is 0 Å². The third kappa shape index (κ3) is 2.58. The van der Waals surface area contributed by atoms with Crippen LogP contribution in [0.1, 0.15) is 18.4 Å². The normalized spacial score (nSPS) is 21.6. The second-order valence-corrected chi connectivity index (χ2v) is 5.18. The molecule has 88 valence electrons. The van der Waals surface area contributed by atoms with Crippen LogP contribution in [-0.4, -0.2) is 22.8 Å².